The predicted octanol–water partition coefficient (Wildman–Crippen LogP) is 27.3. The van der Waals surface area contributed by atoms with Gasteiger partial charge in [-0.05, 0) is 253 Å². The zero-order chi connectivity index (χ0) is 93.3. The molecule has 1 aliphatic carbocycles. The van der Waals surface area contributed by atoms with Gasteiger partial charge in [-0.1, -0.05) is 210 Å². The molecule has 5 N–H and O–H groups in total. The van der Waals surface area contributed by atoms with E-state index in [1.54, 1.807) is 65.3 Å². The number of fused-ring (bicyclic) bond motifs is 5. The fraction of sp³-hybridized carbons (Fsp3) is 0.267. The Balaban J connectivity index is 0.000000140. The first kappa shape index (κ1) is 101. The monoisotopic (exact) mass is 1970 g/mol. The highest BCUT2D eigenvalue weighted by Crippen LogP contribution is 2.37. The third-order valence-corrected chi connectivity index (χ3v) is 28.9. The van der Waals surface area contributed by atoms with Crippen molar-refractivity contribution in [2.24, 2.45) is 0 Å². The van der Waals surface area contributed by atoms with E-state index in [-0.39, 0.29) is 5.91 Å². The third-order valence-electron chi connectivity index (χ3n) is 21.9. The Bertz CT molecular complexity index is 6150. The largest absolute Gasteiger partial charge is 0.496 e. The molecule has 686 valence electrons. The van der Waals surface area contributed by atoms with Crippen LogP contribution in [0.25, 0.3) is 38.8 Å². The van der Waals surface area contributed by atoms with E-state index < -0.39 is 0 Å². The van der Waals surface area contributed by atoms with Crippen molar-refractivity contribution in [1.82, 2.24) is 34.1 Å². The number of hydrogen-bond acceptors (Lipinski definition) is 16. The summed E-state index contributed by atoms with van der Waals surface area (Å²) in [5.41, 5.74) is 17.8. The third kappa shape index (κ3) is 31.1. The SMILES string of the molecule is CC(=N)SCc1csc2c1CCCC2.CCN1CSC(=S)N(Cc2ccccc2)C1.CC[n+]1c(/C=C2\SCCN2C)cc(C)c2cc(OC)c3ccccc3c21.Cc1ccc(C(=O)Nc2ccccc2)s1.Cc1ccc(OCCn2cnc3ccccc32)cc1.Cc1cccc(CN2CCCN(C(=S)Nc3cccc(Cl)c3)C2)c1.S=C(Nc1cccc(Cl)c1)Nc1cccc(Cl)c1. The van der Waals surface area contributed by atoms with E-state index in [9.17, 15) is 4.79 Å². The number of hydrogen-bond donors (Lipinski definition) is 5. The first-order chi connectivity index (χ1) is 64.0. The van der Waals surface area contributed by atoms with Crippen LogP contribution in [0.4, 0.5) is 22.7 Å². The summed E-state index contributed by atoms with van der Waals surface area (Å²) in [7, 11) is 3.93. The van der Waals surface area contributed by atoms with Gasteiger partial charge in [0.15, 0.2) is 10.2 Å². The van der Waals surface area contributed by atoms with E-state index in [0.29, 0.717) is 26.8 Å². The van der Waals surface area contributed by atoms with Gasteiger partial charge in [0, 0.05) is 116 Å². The Hall–Kier alpha value is -9.87. The normalized spacial score (nSPS) is 13.8. The number of ether oxygens (including phenoxy) is 2. The maximum absolute atomic E-state index is 11.7. The summed E-state index contributed by atoms with van der Waals surface area (Å²) in [5.74, 6) is 5.01. The zero-order valence-corrected chi connectivity index (χ0v) is 84.9. The summed E-state index contributed by atoms with van der Waals surface area (Å²) in [6, 6.07) is 84.1. The van der Waals surface area contributed by atoms with Crippen molar-refractivity contribution >= 4 is 216 Å². The van der Waals surface area contributed by atoms with E-state index in [2.05, 4.69) is 216 Å². The molecule has 0 spiro atoms. The number of thiophene rings is 2. The van der Waals surface area contributed by atoms with E-state index in [1.807, 2.05) is 171 Å². The van der Waals surface area contributed by atoms with Gasteiger partial charge < -0.3 is 50.0 Å². The number of para-hydroxylation sites is 3. The average Bonchev–Trinajstić information content (AvgIpc) is 0.762. The Kier molecular flexibility index (Phi) is 39.9. The quantitative estimate of drug-likeness (QED) is 0.0172. The molecule has 0 radical (unpaired) electrons. The van der Waals surface area contributed by atoms with Gasteiger partial charge >= 0.3 is 0 Å². The lowest BCUT2D eigenvalue weighted by Crippen LogP contribution is -2.48. The van der Waals surface area contributed by atoms with Gasteiger partial charge in [-0.15, -0.1) is 46.2 Å². The maximum atomic E-state index is 11.7. The molecule has 10 aromatic carbocycles. The second-order valence-electron chi connectivity index (χ2n) is 32.0. The van der Waals surface area contributed by atoms with E-state index >= 15 is 0 Å². The van der Waals surface area contributed by atoms with Crippen LogP contribution in [0.2, 0.25) is 15.1 Å². The van der Waals surface area contributed by atoms with Crippen molar-refractivity contribution in [2.45, 2.75) is 113 Å². The van der Waals surface area contributed by atoms with E-state index in [1.165, 1.54) is 109 Å². The minimum Gasteiger partial charge on any atom is -0.496 e. The number of benzene rings is 10. The molecule has 0 unspecified atom stereocenters. The Labute approximate surface area is 830 Å². The highest BCUT2D eigenvalue weighted by Gasteiger charge is 2.26. The Morgan fingerprint density at radius 3 is 1.92 bits per heavy atom. The van der Waals surface area contributed by atoms with Crippen molar-refractivity contribution in [3.63, 3.8) is 0 Å². The smallest absolute Gasteiger partial charge is 0.265 e. The lowest BCUT2D eigenvalue weighted by molar-refractivity contribution is -0.668. The number of amides is 1. The standard InChI is InChI=1S/C22H25N2OS.C19H22ClN3S.C16H16N2O.C13H10Cl2N2S.C12H16N2S2.C12H11NOS.C11H15NS2/c1-5-24-16(13-21-23(3)10-11-26-21)12-15(2)19-14-20(25-4)17-8-6-7-9-18(17)22(19)24;1-15-5-2-6-16(11-15)13-22-9-4-10-23(14-22)19(24)21-18-8-3-7-17(20)12-18;1-13-6-8-14(9-7-13)19-11-10-18-12-17-15-4-2-3-5-16(15)18;14-9-3-1-5-11(7-9)16-13(18)17-12-6-2-4-10(15)8-12;1-2-13-9-14(12(15)16-10-13)8-11-6-4-3-5-7-11;1-9-7-8-11(15-9)12(14)13-10-5-3-2-4-6-10;1-8(12)13-6-9-7-14-11-5-3-2-4-10(9)11/h6-9,12-14H,5,10-11H2,1-4H3;2-3,5-8,11-12H,4,9-10,13-14H2,1H3,(H,21,24);2-9,12H,10-11H2,1H3;1-8H,(H2,16,17,18);3-7H,2,8-10H2,1H3;2-8H,1H3,(H,13,14);7,12H,2-6H2,1H3/q+1;;;;;;. The molecule has 0 bridgehead atoms. The number of aromatic nitrogens is 3. The molecule has 3 fully saturated rings. The van der Waals surface area contributed by atoms with Gasteiger partial charge in [-0.2, -0.15) is 4.57 Å². The molecule has 16 nitrogen and oxygen atoms in total. The number of thioether (sulfide) groups is 3. The Morgan fingerprint density at radius 1 is 0.629 bits per heavy atom. The molecule has 3 saturated heterocycles. The fourth-order valence-electron chi connectivity index (χ4n) is 15.2. The molecule has 3 aliphatic heterocycles. The van der Waals surface area contributed by atoms with Crippen LogP contribution in [0.3, 0.4) is 0 Å². The average molecular weight is 1970 g/mol. The zero-order valence-electron chi connectivity index (χ0n) is 76.1. The second-order valence-corrected chi connectivity index (χ2v) is 40.2. The molecular formula is C105H115Cl3N13O3S8+. The van der Waals surface area contributed by atoms with Crippen molar-refractivity contribution in [2.75, 3.05) is 93.2 Å². The lowest BCUT2D eigenvalue weighted by Gasteiger charge is -2.37. The molecule has 14 aromatic rings. The van der Waals surface area contributed by atoms with Gasteiger partial charge in [0.1, 0.15) is 29.0 Å². The fourth-order valence-corrected chi connectivity index (χ4v) is 21.1. The van der Waals surface area contributed by atoms with Crippen molar-refractivity contribution in [3.8, 4) is 11.5 Å². The number of imidazole rings is 1. The summed E-state index contributed by atoms with van der Waals surface area (Å²) < 4.78 is 17.0. The number of carbonyl (C=O) groups excluding carboxylic acids is 1. The maximum Gasteiger partial charge on any atom is 0.265 e. The molecule has 4 aliphatic rings. The minimum atomic E-state index is -0.0423. The summed E-state index contributed by atoms with van der Waals surface area (Å²) in [4.78, 5) is 31.2. The van der Waals surface area contributed by atoms with Gasteiger partial charge in [-0.3, -0.25) is 20.0 Å². The van der Waals surface area contributed by atoms with Crippen LogP contribution in [0.1, 0.15) is 104 Å². The number of methoxy groups -OCH3 is 1. The van der Waals surface area contributed by atoms with E-state index in [4.69, 9.17) is 86.3 Å². The molecule has 18 rings (SSSR count). The number of thiocarbonyl (C=S) groups is 3. The molecule has 0 atom stereocenters. The molecule has 1 amide bonds. The summed E-state index contributed by atoms with van der Waals surface area (Å²) in [6.07, 6.45) is 10.6. The molecule has 0 saturated carbocycles. The van der Waals surface area contributed by atoms with Crippen LogP contribution in [0.15, 0.2) is 272 Å². The number of halogens is 3. The molecule has 27 heteroatoms. The summed E-state index contributed by atoms with van der Waals surface area (Å²) in [5, 5.41) is 30.9. The van der Waals surface area contributed by atoms with Crippen molar-refractivity contribution < 1.29 is 18.8 Å². The molecule has 132 heavy (non-hydrogen) atoms. The van der Waals surface area contributed by atoms with Crippen LogP contribution >= 0.6 is 129 Å². The second kappa shape index (κ2) is 52.1. The minimum absolute atomic E-state index is 0.0423. The number of anilines is 4. The summed E-state index contributed by atoms with van der Waals surface area (Å²) in [6.45, 7) is 25.0. The van der Waals surface area contributed by atoms with Gasteiger partial charge in [0.05, 0.1) is 76.0 Å². The number of nitrogens with one attached hydrogen (secondary N) is 5. The predicted molar refractivity (Wildman–Crippen MR) is 580 cm³/mol. The summed E-state index contributed by atoms with van der Waals surface area (Å²) >= 11 is 42.8. The number of carbonyl (C=O) groups is 1. The highest BCUT2D eigenvalue weighted by atomic mass is 35.5. The topological polar surface area (TPSA) is 145 Å². The molecule has 7 heterocycles. The van der Waals surface area contributed by atoms with E-state index in [0.717, 1.165) is 153 Å². The van der Waals surface area contributed by atoms with Crippen LogP contribution in [-0.4, -0.2) is 131 Å². The van der Waals surface area contributed by atoms with Gasteiger partial charge in [-0.25, -0.2) is 4.98 Å². The number of pyridine rings is 1. The van der Waals surface area contributed by atoms with Crippen LogP contribution < -0.4 is 35.3 Å². The highest BCUT2D eigenvalue weighted by molar-refractivity contribution is 8.22. The van der Waals surface area contributed by atoms with Crippen molar-refractivity contribution in [3.05, 3.63) is 346 Å². The molecule has 4 aromatic heterocycles. The van der Waals surface area contributed by atoms with Crippen LogP contribution in [0, 0.1) is 33.1 Å². The molecular weight excluding hydrogens is 1850 g/mol. The number of nitrogens with zero attached hydrogens (tertiary/aromatic N) is 8. The Morgan fingerprint density at radius 2 is 1.27 bits per heavy atom. The van der Waals surface area contributed by atoms with Crippen molar-refractivity contribution in [1.29, 1.82) is 5.41 Å². The van der Waals surface area contributed by atoms with Gasteiger partial charge in [0.25, 0.3) is 5.91 Å². The number of aryl methyl sites for hydroxylation is 6. The number of rotatable bonds is 19. The first-order valence-electron chi connectivity index (χ1n) is 44.2. The first-order valence-corrected chi connectivity index (χ1v) is 51.2. The van der Waals surface area contributed by atoms with Crippen LogP contribution in [0.5, 0.6) is 11.5 Å². The lowest BCUT2D eigenvalue weighted by atomic mass is 9.97. The van der Waals surface area contributed by atoms with Gasteiger partial charge in [0.2, 0.25) is 11.2 Å². The van der Waals surface area contributed by atoms with Crippen LogP contribution in [-0.2, 0) is 44.8 Å².